The van der Waals surface area contributed by atoms with Crippen LogP contribution in [-0.4, -0.2) is 26.6 Å². The molecule has 142 valence electrons. The molecule has 5 nitrogen and oxygen atoms in total. The van der Waals surface area contributed by atoms with Crippen LogP contribution < -0.4 is 0 Å². The predicted octanol–water partition coefficient (Wildman–Crippen LogP) is 5.34. The van der Waals surface area contributed by atoms with E-state index in [4.69, 9.17) is 16.7 Å². The minimum atomic E-state index is -0.894. The van der Waals surface area contributed by atoms with E-state index in [1.807, 2.05) is 24.3 Å². The standard InChI is InChI=1S/C21H16BrClN2O3/c22-17-3-1-2-15(12-17)21-16(13-25(24-21)11-10-20(27)28)6-9-19(26)14-4-7-18(23)8-5-14/h1-9,12-13H,10-11H2,(H,27,28). The van der Waals surface area contributed by atoms with Crippen molar-refractivity contribution in [2.24, 2.45) is 0 Å². The molecule has 0 bridgehead atoms. The Bertz CT molecular complexity index is 1040. The number of carboxylic acid groups (broad SMARTS) is 1. The number of rotatable bonds is 7. The largest absolute Gasteiger partial charge is 0.481 e. The van der Waals surface area contributed by atoms with Crippen LogP contribution in [0.3, 0.4) is 0 Å². The number of hydrogen-bond donors (Lipinski definition) is 1. The molecule has 2 aromatic carbocycles. The Kier molecular flexibility index (Phi) is 6.44. The molecule has 0 radical (unpaired) electrons. The zero-order chi connectivity index (χ0) is 20.1. The molecule has 3 rings (SSSR count). The molecule has 0 saturated carbocycles. The Labute approximate surface area is 175 Å². The van der Waals surface area contributed by atoms with E-state index < -0.39 is 5.97 Å². The van der Waals surface area contributed by atoms with Gasteiger partial charge >= 0.3 is 5.97 Å². The van der Waals surface area contributed by atoms with Crippen LogP contribution in [0.1, 0.15) is 22.3 Å². The van der Waals surface area contributed by atoms with Gasteiger partial charge in [0.15, 0.2) is 5.78 Å². The van der Waals surface area contributed by atoms with Crippen LogP contribution in [0.4, 0.5) is 0 Å². The lowest BCUT2D eigenvalue weighted by Crippen LogP contribution is -2.04. The minimum Gasteiger partial charge on any atom is -0.481 e. The summed E-state index contributed by atoms with van der Waals surface area (Å²) in [7, 11) is 0. The van der Waals surface area contributed by atoms with Gasteiger partial charge in [0.25, 0.3) is 0 Å². The van der Waals surface area contributed by atoms with Gasteiger partial charge in [-0.2, -0.15) is 5.10 Å². The summed E-state index contributed by atoms with van der Waals surface area (Å²) >= 11 is 9.30. The summed E-state index contributed by atoms with van der Waals surface area (Å²) in [6.07, 6.45) is 4.87. The van der Waals surface area contributed by atoms with Gasteiger partial charge < -0.3 is 5.11 Å². The van der Waals surface area contributed by atoms with E-state index >= 15 is 0 Å². The fourth-order valence-corrected chi connectivity index (χ4v) is 3.14. The maximum atomic E-state index is 12.4. The van der Waals surface area contributed by atoms with Crippen molar-refractivity contribution < 1.29 is 14.7 Å². The highest BCUT2D eigenvalue weighted by Gasteiger charge is 2.11. The fraction of sp³-hybridized carbons (Fsp3) is 0.0952. The van der Waals surface area contributed by atoms with Gasteiger partial charge in [-0.1, -0.05) is 39.7 Å². The van der Waals surface area contributed by atoms with Gasteiger partial charge in [0.2, 0.25) is 0 Å². The lowest BCUT2D eigenvalue weighted by Gasteiger charge is -2.00. The number of halogens is 2. The topological polar surface area (TPSA) is 72.2 Å². The van der Waals surface area contributed by atoms with Gasteiger partial charge in [0.1, 0.15) is 0 Å². The number of aliphatic carboxylic acids is 1. The van der Waals surface area contributed by atoms with E-state index in [1.165, 1.54) is 6.08 Å². The number of hydrogen-bond acceptors (Lipinski definition) is 3. The highest BCUT2D eigenvalue weighted by molar-refractivity contribution is 9.10. The highest BCUT2D eigenvalue weighted by atomic mass is 79.9. The van der Waals surface area contributed by atoms with Gasteiger partial charge in [-0.15, -0.1) is 0 Å². The molecule has 0 fully saturated rings. The van der Waals surface area contributed by atoms with E-state index in [1.54, 1.807) is 41.2 Å². The number of benzene rings is 2. The van der Waals surface area contributed by atoms with Crippen LogP contribution in [-0.2, 0) is 11.3 Å². The number of allylic oxidation sites excluding steroid dienone is 1. The summed E-state index contributed by atoms with van der Waals surface area (Å²) in [5.74, 6) is -1.05. The molecule has 0 saturated heterocycles. The van der Waals surface area contributed by atoms with Crippen LogP contribution in [0.2, 0.25) is 5.02 Å². The zero-order valence-electron chi connectivity index (χ0n) is 14.7. The molecule has 0 aliphatic rings. The number of carbonyl (C=O) groups excluding carboxylic acids is 1. The van der Waals surface area contributed by atoms with Gasteiger partial charge in [0, 0.05) is 32.4 Å². The Morgan fingerprint density at radius 3 is 2.61 bits per heavy atom. The first kappa shape index (κ1) is 20.0. The smallest absolute Gasteiger partial charge is 0.305 e. The number of carbonyl (C=O) groups is 2. The number of aromatic nitrogens is 2. The second kappa shape index (κ2) is 8.99. The molecule has 1 N–H and O–H groups in total. The number of aryl methyl sites for hydroxylation is 1. The molecule has 28 heavy (non-hydrogen) atoms. The Balaban J connectivity index is 1.92. The van der Waals surface area contributed by atoms with Gasteiger partial charge in [-0.05, 0) is 48.6 Å². The summed E-state index contributed by atoms with van der Waals surface area (Å²) in [4.78, 5) is 23.3. The first-order chi connectivity index (χ1) is 13.4. The van der Waals surface area contributed by atoms with Crippen LogP contribution in [0, 0.1) is 0 Å². The molecule has 1 aromatic heterocycles. The summed E-state index contributed by atoms with van der Waals surface area (Å²) < 4.78 is 2.48. The fourth-order valence-electron chi connectivity index (χ4n) is 2.62. The summed E-state index contributed by atoms with van der Waals surface area (Å²) in [6, 6.07) is 14.3. The Hall–Kier alpha value is -2.70. The maximum absolute atomic E-state index is 12.4. The molecular weight excluding hydrogens is 444 g/mol. The van der Waals surface area contributed by atoms with Crippen LogP contribution in [0.5, 0.6) is 0 Å². The first-order valence-electron chi connectivity index (χ1n) is 8.45. The van der Waals surface area contributed by atoms with E-state index in [2.05, 4.69) is 21.0 Å². The summed E-state index contributed by atoms with van der Waals surface area (Å²) in [6.45, 7) is 0.245. The molecule has 0 atom stereocenters. The van der Waals surface area contributed by atoms with E-state index in [0.29, 0.717) is 16.3 Å². The molecule has 7 heteroatoms. The van der Waals surface area contributed by atoms with E-state index in [-0.39, 0.29) is 18.7 Å². The SMILES string of the molecule is O=C(O)CCn1cc(C=CC(=O)c2ccc(Cl)cc2)c(-c2cccc(Br)c2)n1. The van der Waals surface area contributed by atoms with Gasteiger partial charge in [-0.25, -0.2) is 0 Å². The molecule has 0 aliphatic carbocycles. The molecule has 1 heterocycles. The average molecular weight is 460 g/mol. The minimum absolute atomic E-state index is 0.0353. The summed E-state index contributed by atoms with van der Waals surface area (Å²) in [5.41, 5.74) is 2.79. The number of ketones is 1. The molecular formula is C21H16BrClN2O3. The Morgan fingerprint density at radius 1 is 1.18 bits per heavy atom. The normalized spacial score (nSPS) is 11.1. The third-order valence-electron chi connectivity index (χ3n) is 3.99. The van der Waals surface area contributed by atoms with Crippen molar-refractivity contribution in [3.8, 4) is 11.3 Å². The lowest BCUT2D eigenvalue weighted by molar-refractivity contribution is -0.137. The van der Waals surface area contributed by atoms with Crippen molar-refractivity contribution in [3.05, 3.63) is 81.4 Å². The second-order valence-corrected chi connectivity index (χ2v) is 7.41. The van der Waals surface area contributed by atoms with Crippen molar-refractivity contribution in [3.63, 3.8) is 0 Å². The quantitative estimate of drug-likeness (QED) is 0.382. The third-order valence-corrected chi connectivity index (χ3v) is 4.73. The van der Waals surface area contributed by atoms with Crippen LogP contribution in [0.25, 0.3) is 17.3 Å². The van der Waals surface area contributed by atoms with Crippen LogP contribution in [0.15, 0.2) is 65.3 Å². The van der Waals surface area contributed by atoms with Crippen molar-refractivity contribution in [2.75, 3.05) is 0 Å². The second-order valence-electron chi connectivity index (χ2n) is 6.05. The number of carboxylic acids is 1. The van der Waals surface area contributed by atoms with Gasteiger partial charge in [0.05, 0.1) is 18.7 Å². The Morgan fingerprint density at radius 2 is 1.93 bits per heavy atom. The van der Waals surface area contributed by atoms with Crippen molar-refractivity contribution >= 4 is 45.4 Å². The zero-order valence-corrected chi connectivity index (χ0v) is 17.0. The van der Waals surface area contributed by atoms with E-state index in [0.717, 1.165) is 15.6 Å². The predicted molar refractivity (Wildman–Crippen MR) is 112 cm³/mol. The summed E-state index contributed by atoms with van der Waals surface area (Å²) in [5, 5.41) is 14.0. The monoisotopic (exact) mass is 458 g/mol. The van der Waals surface area contributed by atoms with Crippen molar-refractivity contribution in [1.29, 1.82) is 0 Å². The number of nitrogens with zero attached hydrogens (tertiary/aromatic N) is 2. The van der Waals surface area contributed by atoms with Crippen LogP contribution >= 0.6 is 27.5 Å². The first-order valence-corrected chi connectivity index (χ1v) is 9.62. The van der Waals surface area contributed by atoms with Crippen molar-refractivity contribution in [1.82, 2.24) is 9.78 Å². The average Bonchev–Trinajstić information content (AvgIpc) is 3.08. The molecule has 3 aromatic rings. The van der Waals surface area contributed by atoms with Gasteiger partial charge in [-0.3, -0.25) is 14.3 Å². The molecule has 0 spiro atoms. The highest BCUT2D eigenvalue weighted by Crippen LogP contribution is 2.26. The van der Waals surface area contributed by atoms with E-state index in [9.17, 15) is 9.59 Å². The lowest BCUT2D eigenvalue weighted by atomic mass is 10.1. The molecule has 0 aliphatic heterocycles. The van der Waals surface area contributed by atoms with Crippen molar-refractivity contribution in [2.45, 2.75) is 13.0 Å². The molecule has 0 amide bonds. The third kappa shape index (κ3) is 5.18. The molecule has 0 unspecified atom stereocenters. The maximum Gasteiger partial charge on any atom is 0.305 e.